The molecule has 0 bridgehead atoms. The highest BCUT2D eigenvalue weighted by Crippen LogP contribution is 2.33. The molecule has 7 nitrogen and oxygen atoms in total. The lowest BCUT2D eigenvalue weighted by Crippen LogP contribution is -2.35. The van der Waals surface area contributed by atoms with E-state index in [1.165, 1.54) is 38.6 Å². The molecule has 2 aromatic carbocycles. The second-order valence-corrected chi connectivity index (χ2v) is 14.4. The number of nitrogens with zero attached hydrogens (tertiary/aromatic N) is 5. The Bertz CT molecular complexity index is 1600. The summed E-state index contributed by atoms with van der Waals surface area (Å²) >= 11 is 13.0. The molecule has 3 aromatic rings. The van der Waals surface area contributed by atoms with Crippen molar-refractivity contribution in [2.75, 3.05) is 46.5 Å². The van der Waals surface area contributed by atoms with E-state index in [2.05, 4.69) is 26.3 Å². The topological polar surface area (TPSA) is 61.7 Å². The van der Waals surface area contributed by atoms with Gasteiger partial charge in [0.2, 0.25) is 10.0 Å². The summed E-state index contributed by atoms with van der Waals surface area (Å²) in [7, 11) is 0.683. The Morgan fingerprint density at radius 1 is 0.952 bits per heavy atom. The minimum Gasteiger partial charge on any atom is -0.305 e. The first-order valence-electron chi connectivity index (χ1n) is 14.6. The van der Waals surface area contributed by atoms with Gasteiger partial charge < -0.3 is 9.80 Å². The van der Waals surface area contributed by atoms with E-state index in [-0.39, 0.29) is 0 Å². The number of hydrogen-bond acceptors (Lipinski definition) is 5. The van der Waals surface area contributed by atoms with Crippen LogP contribution in [0.3, 0.4) is 0 Å². The predicted octanol–water partition coefficient (Wildman–Crippen LogP) is 5.51. The van der Waals surface area contributed by atoms with Crippen LogP contribution < -0.4 is 0 Å². The molecule has 2 aliphatic rings. The van der Waals surface area contributed by atoms with Crippen LogP contribution >= 0.6 is 23.2 Å². The number of hydrogen-bond donors (Lipinski definition) is 0. The Labute approximate surface area is 260 Å². The fourth-order valence-electron chi connectivity index (χ4n) is 5.82. The quantitative estimate of drug-likeness (QED) is 0.308. The van der Waals surface area contributed by atoms with E-state index in [0.717, 1.165) is 59.7 Å². The third-order valence-electron chi connectivity index (χ3n) is 7.97. The van der Waals surface area contributed by atoms with Crippen LogP contribution in [0.5, 0.6) is 0 Å². The maximum atomic E-state index is 12.5. The van der Waals surface area contributed by atoms with Crippen LogP contribution in [0.4, 0.5) is 0 Å². The van der Waals surface area contributed by atoms with Gasteiger partial charge in [-0.3, -0.25) is 4.68 Å². The predicted molar refractivity (Wildman–Crippen MR) is 171 cm³/mol. The van der Waals surface area contributed by atoms with Crippen LogP contribution in [0.2, 0.25) is 10.0 Å². The normalized spacial score (nSPS) is 16.3. The van der Waals surface area contributed by atoms with Crippen molar-refractivity contribution < 1.29 is 8.42 Å². The van der Waals surface area contributed by atoms with Crippen LogP contribution in [-0.4, -0.2) is 78.8 Å². The minimum atomic E-state index is -3.32. The lowest BCUT2D eigenvalue weighted by atomic mass is 10.0. The molecule has 0 N–H and O–H groups in total. The molecule has 1 saturated heterocycles. The van der Waals surface area contributed by atoms with Crippen molar-refractivity contribution in [3.63, 3.8) is 0 Å². The summed E-state index contributed by atoms with van der Waals surface area (Å²) < 4.78 is 28.6. The first-order chi connectivity index (χ1) is 20.1. The number of likely N-dealkylation sites (tertiary alicyclic amines) is 1. The summed E-state index contributed by atoms with van der Waals surface area (Å²) in [5, 5.41) is 6.34. The monoisotopic (exact) mass is 627 g/mol. The molecule has 0 amide bonds. The Morgan fingerprint density at radius 2 is 1.71 bits per heavy atom. The third-order valence-corrected chi connectivity index (χ3v) is 9.92. The van der Waals surface area contributed by atoms with Crippen molar-refractivity contribution in [3.8, 4) is 23.1 Å². The molecule has 10 heteroatoms. The van der Waals surface area contributed by atoms with Gasteiger partial charge >= 0.3 is 0 Å². The van der Waals surface area contributed by atoms with E-state index in [1.807, 2.05) is 50.5 Å². The Morgan fingerprint density at radius 3 is 2.45 bits per heavy atom. The number of aromatic nitrogens is 2. The van der Waals surface area contributed by atoms with Crippen LogP contribution in [0.15, 0.2) is 36.4 Å². The molecule has 2 aliphatic heterocycles. The molecule has 0 radical (unpaired) electrons. The highest BCUT2D eigenvalue weighted by Gasteiger charge is 2.30. The first-order valence-corrected chi connectivity index (χ1v) is 17.2. The molecule has 224 valence electrons. The van der Waals surface area contributed by atoms with E-state index >= 15 is 0 Å². The van der Waals surface area contributed by atoms with Crippen LogP contribution in [-0.2, 0) is 36.1 Å². The molecular formula is C32H39Cl2N5O2S. The van der Waals surface area contributed by atoms with Crippen molar-refractivity contribution in [2.45, 2.75) is 51.7 Å². The fourth-order valence-corrected chi connectivity index (χ4v) is 6.94. The number of piperidine rings is 1. The molecular weight excluding hydrogens is 589 g/mol. The second kappa shape index (κ2) is 13.5. The average Bonchev–Trinajstić information content (AvgIpc) is 3.32. The molecule has 1 aromatic heterocycles. The van der Waals surface area contributed by atoms with Crippen LogP contribution in [0.1, 0.15) is 53.6 Å². The number of sulfonamides is 1. The van der Waals surface area contributed by atoms with Gasteiger partial charge in [0.05, 0.1) is 17.0 Å². The summed E-state index contributed by atoms with van der Waals surface area (Å²) in [6.07, 6.45) is 6.81. The number of halogens is 2. The molecule has 0 spiro atoms. The maximum Gasteiger partial charge on any atom is 0.211 e. The Kier molecular flexibility index (Phi) is 9.99. The van der Waals surface area contributed by atoms with E-state index in [1.54, 1.807) is 4.31 Å². The van der Waals surface area contributed by atoms with Crippen LogP contribution in [0.25, 0.3) is 11.3 Å². The number of fused-ring (bicyclic) bond motifs is 1. The van der Waals surface area contributed by atoms with Gasteiger partial charge in [0.15, 0.2) is 0 Å². The molecule has 0 aliphatic carbocycles. The zero-order valence-electron chi connectivity index (χ0n) is 24.7. The Hall–Kier alpha value is -2.38. The van der Waals surface area contributed by atoms with E-state index in [4.69, 9.17) is 28.3 Å². The van der Waals surface area contributed by atoms with Gasteiger partial charge in [-0.2, -0.15) is 9.40 Å². The Balaban J connectivity index is 1.45. The maximum absolute atomic E-state index is 12.5. The second-order valence-electron chi connectivity index (χ2n) is 11.6. The van der Waals surface area contributed by atoms with E-state index < -0.39 is 10.0 Å². The number of benzene rings is 2. The number of aryl methyl sites for hydroxylation is 1. The lowest BCUT2D eigenvalue weighted by Gasteiger charge is -2.27. The standard InChI is InChI=1S/C32H39Cl2N5O2S/c1-36(2)22-27-20-24(9-12-30(27)34)8-10-25-21-26(11-13-29(25)33)32-28-23-38(42(3,40)41)19-14-31(28)39(35-32)18-7-17-37-15-5-4-6-16-37/h9,11-13,20-21H,4-7,14-19,22-23H2,1-3H3. The summed E-state index contributed by atoms with van der Waals surface area (Å²) in [5.74, 6) is 6.49. The van der Waals surface area contributed by atoms with Crippen LogP contribution in [0, 0.1) is 11.8 Å². The zero-order chi connectivity index (χ0) is 29.9. The molecule has 0 atom stereocenters. The van der Waals surface area contributed by atoms with E-state index in [0.29, 0.717) is 35.1 Å². The van der Waals surface area contributed by atoms with Crippen molar-refractivity contribution >= 4 is 33.2 Å². The molecule has 5 rings (SSSR count). The SMILES string of the molecule is CN(C)Cc1cc(C#Cc2cc(-c3nn(CCCN4CCCCC4)c4c3CN(S(C)(=O)=O)CC4)ccc2Cl)ccc1Cl. The van der Waals surface area contributed by atoms with Crippen molar-refractivity contribution in [1.29, 1.82) is 0 Å². The minimum absolute atomic E-state index is 0.318. The molecule has 3 heterocycles. The summed E-state index contributed by atoms with van der Waals surface area (Å²) in [4.78, 5) is 4.61. The molecule has 0 saturated carbocycles. The smallest absolute Gasteiger partial charge is 0.211 e. The van der Waals surface area contributed by atoms with Gasteiger partial charge in [-0.25, -0.2) is 8.42 Å². The highest BCUT2D eigenvalue weighted by molar-refractivity contribution is 7.88. The largest absolute Gasteiger partial charge is 0.305 e. The van der Waals surface area contributed by atoms with Gasteiger partial charge in [-0.1, -0.05) is 47.5 Å². The fraction of sp³-hybridized carbons (Fsp3) is 0.469. The van der Waals surface area contributed by atoms with Crippen molar-refractivity contribution in [1.82, 2.24) is 23.9 Å². The van der Waals surface area contributed by atoms with E-state index in [9.17, 15) is 8.42 Å². The molecule has 42 heavy (non-hydrogen) atoms. The summed E-state index contributed by atoms with van der Waals surface area (Å²) in [5.41, 5.74) is 6.35. The van der Waals surface area contributed by atoms with Crippen molar-refractivity contribution in [3.05, 3.63) is 74.4 Å². The van der Waals surface area contributed by atoms with Gasteiger partial charge in [0.25, 0.3) is 0 Å². The average molecular weight is 629 g/mol. The van der Waals surface area contributed by atoms with Gasteiger partial charge in [-0.15, -0.1) is 0 Å². The zero-order valence-corrected chi connectivity index (χ0v) is 27.0. The highest BCUT2D eigenvalue weighted by atomic mass is 35.5. The van der Waals surface area contributed by atoms with Gasteiger partial charge in [0.1, 0.15) is 0 Å². The van der Waals surface area contributed by atoms with Gasteiger partial charge in [-0.05, 0) is 88.9 Å². The summed E-state index contributed by atoms with van der Waals surface area (Å²) in [6, 6.07) is 11.6. The number of rotatable bonds is 8. The van der Waals surface area contributed by atoms with Crippen molar-refractivity contribution in [2.24, 2.45) is 0 Å². The summed E-state index contributed by atoms with van der Waals surface area (Å²) in [6.45, 7) is 5.72. The third kappa shape index (κ3) is 7.57. The van der Waals surface area contributed by atoms with Gasteiger partial charge in [0, 0.05) is 65.6 Å². The lowest BCUT2D eigenvalue weighted by molar-refractivity contribution is 0.221. The first kappa shape index (κ1) is 31.1. The molecule has 1 fully saturated rings. The molecule has 0 unspecified atom stereocenters.